The number of rotatable bonds is 35. The van der Waals surface area contributed by atoms with Crippen molar-refractivity contribution >= 4 is 65.3 Å². The second-order valence-corrected chi connectivity index (χ2v) is 24.8. The maximum atomic E-state index is 13.6. The number of primary amides is 1. The Bertz CT molecular complexity index is 2700. The van der Waals surface area contributed by atoms with Crippen LogP contribution in [0.15, 0.2) is 60.2 Å². The van der Waals surface area contributed by atoms with Crippen LogP contribution in [0.3, 0.4) is 0 Å². The minimum atomic E-state index is -1.21. The lowest BCUT2D eigenvalue weighted by Gasteiger charge is -2.35. The summed E-state index contributed by atoms with van der Waals surface area (Å²) in [6.45, 7) is 16.4. The van der Waals surface area contributed by atoms with Gasteiger partial charge in [0.25, 0.3) is 11.8 Å². The van der Waals surface area contributed by atoms with E-state index in [2.05, 4.69) is 53.4 Å². The Hall–Kier alpha value is -7.42. The summed E-state index contributed by atoms with van der Waals surface area (Å²) in [6, 6.07) is 2.47. The molecule has 3 fully saturated rings. The number of aliphatic hydroxyl groups excluding tert-OH is 1. The molecular weight excluding hydrogens is 1170 g/mol. The molecule has 500 valence electrons. The van der Waals surface area contributed by atoms with Crippen molar-refractivity contribution in [2.45, 2.75) is 193 Å². The highest BCUT2D eigenvalue weighted by Crippen LogP contribution is 2.47. The fraction of sp³-hybridized carbons (Fsp3) is 0.656. The van der Waals surface area contributed by atoms with Crippen LogP contribution in [0.1, 0.15) is 138 Å². The Labute approximate surface area is 528 Å². The van der Waals surface area contributed by atoms with Crippen LogP contribution in [0.25, 0.3) is 0 Å². The number of piperazine rings is 1. The van der Waals surface area contributed by atoms with Gasteiger partial charge in [-0.3, -0.25) is 33.7 Å². The molecule has 1 aromatic carbocycles. The quantitative estimate of drug-likeness (QED) is 0.0187. The van der Waals surface area contributed by atoms with Crippen LogP contribution >= 0.6 is 0 Å². The number of nitrogens with one attached hydrogen (secondary N) is 5. The van der Waals surface area contributed by atoms with Crippen molar-refractivity contribution < 1.29 is 81.8 Å². The Morgan fingerprint density at radius 2 is 1.46 bits per heavy atom. The number of benzene rings is 1. The summed E-state index contributed by atoms with van der Waals surface area (Å²) >= 11 is 0. The molecule has 1 aromatic rings. The lowest BCUT2D eigenvalue weighted by Crippen LogP contribution is -2.54. The van der Waals surface area contributed by atoms with Gasteiger partial charge in [-0.05, 0) is 120 Å². The van der Waals surface area contributed by atoms with E-state index in [0.29, 0.717) is 36.9 Å². The normalized spacial score (nSPS) is 22.4. The number of carboxylic acid groups (broad SMARTS) is 1. The Morgan fingerprint density at radius 3 is 2.07 bits per heavy atom. The van der Waals surface area contributed by atoms with Crippen LogP contribution < -0.4 is 32.3 Å². The number of carbonyl (C=O) groups is 10. The lowest BCUT2D eigenvalue weighted by molar-refractivity contribution is -0.143. The van der Waals surface area contributed by atoms with E-state index < -0.39 is 72.2 Å². The van der Waals surface area contributed by atoms with E-state index in [1.54, 1.807) is 52.1 Å². The molecule has 4 aliphatic rings. The van der Waals surface area contributed by atoms with Gasteiger partial charge < -0.3 is 76.0 Å². The highest BCUT2D eigenvalue weighted by Gasteiger charge is 2.57. The first-order chi connectivity index (χ1) is 42.7. The Kier molecular flexibility index (Phi) is 29.2. The van der Waals surface area contributed by atoms with Gasteiger partial charge in [-0.1, -0.05) is 71.4 Å². The largest absolute Gasteiger partial charge is 0.480 e. The zero-order valence-electron chi connectivity index (χ0n) is 53.7. The number of allylic oxidation sites excluding steroid dienone is 3. The molecule has 10 amide bonds. The summed E-state index contributed by atoms with van der Waals surface area (Å²) in [4.78, 5) is 130. The minimum Gasteiger partial charge on any atom is -0.480 e. The zero-order chi connectivity index (χ0) is 66.2. The molecule has 0 saturated carbocycles. The molecule has 0 unspecified atom stereocenters. The van der Waals surface area contributed by atoms with Crippen molar-refractivity contribution in [2.24, 2.45) is 29.4 Å². The monoisotopic (exact) mass is 1260 g/mol. The maximum absolute atomic E-state index is 13.6. The van der Waals surface area contributed by atoms with Gasteiger partial charge in [0, 0.05) is 76.6 Å². The summed E-state index contributed by atoms with van der Waals surface area (Å²) in [7, 11) is 1.60. The second kappa shape index (κ2) is 35.8. The van der Waals surface area contributed by atoms with Crippen molar-refractivity contribution in [2.75, 3.05) is 58.3 Å². The number of epoxide rings is 1. The van der Waals surface area contributed by atoms with E-state index >= 15 is 0 Å². The van der Waals surface area contributed by atoms with E-state index in [1.165, 1.54) is 22.0 Å². The van der Waals surface area contributed by atoms with Gasteiger partial charge in [0.05, 0.1) is 49.1 Å². The number of nitrogens with two attached hydrogens (primary N) is 1. The molecule has 0 radical (unpaired) electrons. The van der Waals surface area contributed by atoms with Crippen LogP contribution in [0, 0.1) is 23.7 Å². The summed E-state index contributed by atoms with van der Waals surface area (Å²) in [5.74, 6) is -3.82. The highest BCUT2D eigenvalue weighted by molar-refractivity contribution is 6.12. The van der Waals surface area contributed by atoms with E-state index in [-0.39, 0.29) is 156 Å². The first kappa shape index (κ1) is 73.3. The van der Waals surface area contributed by atoms with Gasteiger partial charge in [-0.15, -0.1) is 0 Å². The van der Waals surface area contributed by atoms with Crippen LogP contribution in [0.4, 0.5) is 20.1 Å². The van der Waals surface area contributed by atoms with Crippen molar-refractivity contribution in [3.05, 3.63) is 65.8 Å². The second-order valence-electron chi connectivity index (χ2n) is 24.8. The third-order valence-corrected chi connectivity index (χ3v) is 16.8. The summed E-state index contributed by atoms with van der Waals surface area (Å²) in [6.07, 6.45) is 10.3. The number of aliphatic hydroxyl groups is 1. The van der Waals surface area contributed by atoms with Crippen molar-refractivity contribution in [3.8, 4) is 0 Å². The molecule has 12 atom stereocenters. The predicted molar refractivity (Wildman–Crippen MR) is 332 cm³/mol. The lowest BCUT2D eigenvalue weighted by atomic mass is 9.85. The highest BCUT2D eigenvalue weighted by atomic mass is 16.6. The molecule has 9 N–H and O–H groups in total. The van der Waals surface area contributed by atoms with E-state index in [0.717, 1.165) is 23.3 Å². The molecule has 3 saturated heterocycles. The SMILES string of the molecule is CO[C@H]([C@@H](C)[C@H]1O[C@]1(C)C[C@H](C)/C=C/C=C(\C)[C@H]1O[C@@H](CC(=O)N[C@@H](CCCOC(=O)N2CCN(C(=O)OCc3ccc(NC(=O)[C@H](CCCNC(N)=O)NC(=O)[C@@H](NC(=O)CCCCCN4C(=O)C=CC4=O)C(C)C)cc3)CC2)C(=O)O)CC[C@@H]1C)[C@@H](C)O. The summed E-state index contributed by atoms with van der Waals surface area (Å²) in [5.41, 5.74) is 6.90. The van der Waals surface area contributed by atoms with Crippen LogP contribution in [0.2, 0.25) is 0 Å². The molecule has 0 bridgehead atoms. The fourth-order valence-electron chi connectivity index (χ4n) is 11.7. The van der Waals surface area contributed by atoms with E-state index in [4.69, 9.17) is 29.4 Å². The number of imide groups is 1. The molecule has 4 aliphatic heterocycles. The molecule has 4 heterocycles. The predicted octanol–water partition coefficient (Wildman–Crippen LogP) is 5.22. The van der Waals surface area contributed by atoms with Crippen molar-refractivity contribution in [1.82, 2.24) is 36.0 Å². The van der Waals surface area contributed by atoms with Gasteiger partial charge >= 0.3 is 24.2 Å². The van der Waals surface area contributed by atoms with Gasteiger partial charge in [-0.2, -0.15) is 0 Å². The topological polar surface area (TPSA) is 356 Å². The number of unbranched alkanes of at least 4 members (excludes halogenated alkanes) is 2. The molecule has 0 aliphatic carbocycles. The standard InChI is InChI=1S/C64H97N9O17/c1-39(2)54(70-50(75)20-11-10-12-30-73-52(77)27-28-53(73)78)59(80)69-48(18-14-29-66-61(65)83)58(79)67-46-24-22-45(23-25-46)38-88-63(85)72-33-31-71(32-34-72)62(84)87-35-15-19-49(60(81)82)68-51(76)36-47-26-21-42(5)55(89-47)41(4)17-13-16-40(3)37-64(8)57(90-64)43(6)56(86-9)44(7)74/h13,16-17,22-25,27-28,39-40,42-44,47-49,54-57,74H,10-12,14-15,18-21,26,29-38H2,1-9H3,(H,67,79)(H,68,76)(H,69,80)(H,70,75)(H,81,82)(H3,65,66,83)/b16-13+,41-17+/t40-,42+,43-,44-,47-,48+,49+,54+,55-,56-,57-,64-/m1/s1. The minimum absolute atomic E-state index is 0.00528. The van der Waals surface area contributed by atoms with Gasteiger partial charge in [0.1, 0.15) is 24.7 Å². The third kappa shape index (κ3) is 23.4. The third-order valence-electron chi connectivity index (χ3n) is 16.8. The number of anilines is 1. The molecule has 26 nitrogen and oxygen atoms in total. The number of carboxylic acids is 1. The number of urea groups is 1. The number of hydrogen-bond acceptors (Lipinski definition) is 16. The molecule has 90 heavy (non-hydrogen) atoms. The van der Waals surface area contributed by atoms with Crippen LogP contribution in [0.5, 0.6) is 0 Å². The van der Waals surface area contributed by atoms with E-state index in [1.807, 2.05) is 26.0 Å². The smallest absolute Gasteiger partial charge is 0.410 e. The van der Waals surface area contributed by atoms with Gasteiger partial charge in [0.2, 0.25) is 23.6 Å². The Balaban J connectivity index is 0.980. The molecule has 0 aromatic heterocycles. The number of nitrogens with zero attached hydrogens (tertiary/aromatic N) is 3. The molecular formula is C64H97N9O17. The molecule has 5 rings (SSSR count). The average Bonchev–Trinajstić information content (AvgIpc) is 1.60. The average molecular weight is 1260 g/mol. The fourth-order valence-corrected chi connectivity index (χ4v) is 11.7. The number of ether oxygens (including phenoxy) is 5. The van der Waals surface area contributed by atoms with E-state index in [9.17, 15) is 58.2 Å². The zero-order valence-corrected chi connectivity index (χ0v) is 53.7. The number of hydrogen-bond donors (Lipinski definition) is 8. The van der Waals surface area contributed by atoms with Crippen molar-refractivity contribution in [1.29, 1.82) is 0 Å². The van der Waals surface area contributed by atoms with Crippen LogP contribution in [-0.4, -0.2) is 192 Å². The summed E-state index contributed by atoms with van der Waals surface area (Å²) < 4.78 is 29.1. The first-order valence-electron chi connectivity index (χ1n) is 31.5. The maximum Gasteiger partial charge on any atom is 0.410 e. The Morgan fingerprint density at radius 1 is 0.811 bits per heavy atom. The van der Waals surface area contributed by atoms with Gasteiger partial charge in [0.15, 0.2) is 0 Å². The number of carbonyl (C=O) groups excluding carboxylic acids is 9. The number of amides is 10. The van der Waals surface area contributed by atoms with Gasteiger partial charge in [-0.25, -0.2) is 19.2 Å². The first-order valence-corrected chi connectivity index (χ1v) is 31.5. The number of aliphatic carboxylic acids is 1. The summed E-state index contributed by atoms with van der Waals surface area (Å²) in [5, 5.41) is 33.4. The molecule has 0 spiro atoms. The van der Waals surface area contributed by atoms with Crippen LogP contribution in [-0.2, 0) is 63.9 Å². The molecule has 26 heteroatoms. The number of methoxy groups -OCH3 is 1. The van der Waals surface area contributed by atoms with Crippen molar-refractivity contribution in [3.63, 3.8) is 0 Å².